The van der Waals surface area contributed by atoms with E-state index in [2.05, 4.69) is 10.1 Å². The number of nitrogens with one attached hydrogen (secondary N) is 1. The molecule has 7 heteroatoms. The molecule has 1 rings (SSSR count). The van der Waals surface area contributed by atoms with Gasteiger partial charge in [-0.25, -0.2) is 4.79 Å². The molecule has 0 saturated carbocycles. The second-order valence-electron chi connectivity index (χ2n) is 3.40. The molecule has 1 amide bonds. The first-order valence-corrected chi connectivity index (χ1v) is 4.99. The lowest BCUT2D eigenvalue weighted by Crippen LogP contribution is -2.37. The van der Waals surface area contributed by atoms with Crippen molar-refractivity contribution in [3.8, 4) is 5.75 Å². The first-order chi connectivity index (χ1) is 8.52. The van der Waals surface area contributed by atoms with Gasteiger partial charge < -0.3 is 15.2 Å². The standard InChI is InChI=1S/C11H11F2NO4/c12-11(13)18-8-3-1-7(2-4-8)5-9(10(16)17)14-6-15/h1-4,6,9,11H,5H2,(H,14,15)(H,16,17). The van der Waals surface area contributed by atoms with Gasteiger partial charge in [-0.05, 0) is 17.7 Å². The average molecular weight is 259 g/mol. The number of rotatable bonds is 7. The number of aliphatic carboxylic acids is 1. The maximum Gasteiger partial charge on any atom is 0.387 e. The van der Waals surface area contributed by atoms with E-state index in [1.54, 1.807) is 0 Å². The number of hydrogen-bond acceptors (Lipinski definition) is 3. The summed E-state index contributed by atoms with van der Waals surface area (Å²) in [6.07, 6.45) is 0.357. The summed E-state index contributed by atoms with van der Waals surface area (Å²) >= 11 is 0. The number of ether oxygens (including phenoxy) is 1. The number of carbonyl (C=O) groups excluding carboxylic acids is 1. The smallest absolute Gasteiger partial charge is 0.387 e. The highest BCUT2D eigenvalue weighted by atomic mass is 19.3. The van der Waals surface area contributed by atoms with Crippen molar-refractivity contribution in [2.75, 3.05) is 0 Å². The van der Waals surface area contributed by atoms with Crippen LogP contribution in [0.2, 0.25) is 0 Å². The van der Waals surface area contributed by atoms with Crippen molar-refractivity contribution in [3.05, 3.63) is 29.8 Å². The van der Waals surface area contributed by atoms with Crippen molar-refractivity contribution >= 4 is 12.4 Å². The Morgan fingerprint density at radius 1 is 1.39 bits per heavy atom. The number of alkyl halides is 2. The molecule has 0 bridgehead atoms. The molecule has 1 aromatic rings. The summed E-state index contributed by atoms with van der Waals surface area (Å²) in [6.45, 7) is -2.90. The van der Waals surface area contributed by atoms with Crippen molar-refractivity contribution in [1.29, 1.82) is 0 Å². The van der Waals surface area contributed by atoms with Gasteiger partial charge in [0.05, 0.1) is 0 Å². The molecule has 98 valence electrons. The Morgan fingerprint density at radius 3 is 2.44 bits per heavy atom. The minimum Gasteiger partial charge on any atom is -0.480 e. The van der Waals surface area contributed by atoms with Gasteiger partial charge in [0.1, 0.15) is 11.8 Å². The van der Waals surface area contributed by atoms with E-state index in [-0.39, 0.29) is 12.2 Å². The molecule has 5 nitrogen and oxygen atoms in total. The highest BCUT2D eigenvalue weighted by Gasteiger charge is 2.16. The summed E-state index contributed by atoms with van der Waals surface area (Å²) in [6, 6.07) is 4.48. The van der Waals surface area contributed by atoms with E-state index in [0.29, 0.717) is 12.0 Å². The van der Waals surface area contributed by atoms with E-state index in [9.17, 15) is 18.4 Å². The molecule has 0 aliphatic carbocycles. The lowest BCUT2D eigenvalue weighted by atomic mass is 10.1. The van der Waals surface area contributed by atoms with Crippen LogP contribution in [0.15, 0.2) is 24.3 Å². The number of halogens is 2. The second-order valence-corrected chi connectivity index (χ2v) is 3.40. The van der Waals surface area contributed by atoms with Crippen molar-refractivity contribution in [2.45, 2.75) is 19.1 Å². The number of carboxylic acids is 1. The molecule has 18 heavy (non-hydrogen) atoms. The Balaban J connectivity index is 2.66. The van der Waals surface area contributed by atoms with Gasteiger partial charge in [-0.3, -0.25) is 4.79 Å². The molecule has 1 unspecified atom stereocenters. The normalized spacial score (nSPS) is 11.9. The molecule has 1 atom stereocenters. The van der Waals surface area contributed by atoms with Crippen molar-refractivity contribution in [2.24, 2.45) is 0 Å². The molecule has 0 aromatic heterocycles. The van der Waals surface area contributed by atoms with E-state index >= 15 is 0 Å². The number of amides is 1. The summed E-state index contributed by atoms with van der Waals surface area (Å²) < 4.78 is 27.9. The predicted octanol–water partition coefficient (Wildman–Crippen LogP) is 1.03. The van der Waals surface area contributed by atoms with Crippen LogP contribution >= 0.6 is 0 Å². The molecular weight excluding hydrogens is 248 g/mol. The summed E-state index contributed by atoms with van der Waals surface area (Å²) in [4.78, 5) is 21.0. The van der Waals surface area contributed by atoms with Crippen molar-refractivity contribution in [1.82, 2.24) is 5.32 Å². The topological polar surface area (TPSA) is 75.6 Å². The molecule has 0 fully saturated rings. The largest absolute Gasteiger partial charge is 0.480 e. The lowest BCUT2D eigenvalue weighted by molar-refractivity contribution is -0.140. The van der Waals surface area contributed by atoms with Gasteiger partial charge >= 0.3 is 12.6 Å². The van der Waals surface area contributed by atoms with Crippen LogP contribution in [-0.2, 0) is 16.0 Å². The SMILES string of the molecule is O=CNC(Cc1ccc(OC(F)F)cc1)C(=O)O. The Morgan fingerprint density at radius 2 is 2.00 bits per heavy atom. The monoisotopic (exact) mass is 259 g/mol. The fraction of sp³-hybridized carbons (Fsp3) is 0.273. The van der Waals surface area contributed by atoms with Crippen LogP contribution in [0.4, 0.5) is 8.78 Å². The second kappa shape index (κ2) is 6.53. The predicted molar refractivity (Wildman–Crippen MR) is 57.4 cm³/mol. The Labute approximate surface area is 101 Å². The van der Waals surface area contributed by atoms with E-state index in [0.717, 1.165) is 0 Å². The molecule has 2 N–H and O–H groups in total. The molecule has 0 aliphatic rings. The fourth-order valence-electron chi connectivity index (χ4n) is 1.34. The molecular formula is C11H11F2NO4. The van der Waals surface area contributed by atoms with Crippen LogP contribution < -0.4 is 10.1 Å². The minimum absolute atomic E-state index is 0.0102. The van der Waals surface area contributed by atoms with E-state index in [1.807, 2.05) is 0 Å². The first-order valence-electron chi connectivity index (χ1n) is 4.99. The minimum atomic E-state index is -2.90. The average Bonchev–Trinajstić information content (AvgIpc) is 2.30. The summed E-state index contributed by atoms with van der Waals surface area (Å²) in [5, 5.41) is 10.9. The van der Waals surface area contributed by atoms with Crippen LogP contribution in [0.5, 0.6) is 5.75 Å². The Kier molecular flexibility index (Phi) is 5.04. The zero-order valence-electron chi connectivity index (χ0n) is 9.18. The number of hydrogen-bond donors (Lipinski definition) is 2. The van der Waals surface area contributed by atoms with Crippen LogP contribution in [0.1, 0.15) is 5.56 Å². The van der Waals surface area contributed by atoms with Crippen molar-refractivity contribution in [3.63, 3.8) is 0 Å². The maximum atomic E-state index is 11.9. The van der Waals surface area contributed by atoms with Gasteiger partial charge in [-0.1, -0.05) is 12.1 Å². The van der Waals surface area contributed by atoms with Gasteiger partial charge in [0, 0.05) is 6.42 Å². The third kappa shape index (κ3) is 4.36. The zero-order valence-corrected chi connectivity index (χ0v) is 9.18. The number of carboxylic acid groups (broad SMARTS) is 1. The van der Waals surface area contributed by atoms with E-state index in [4.69, 9.17) is 5.11 Å². The van der Waals surface area contributed by atoms with Gasteiger partial charge in [-0.15, -0.1) is 0 Å². The summed E-state index contributed by atoms with van der Waals surface area (Å²) in [7, 11) is 0. The molecule has 1 aromatic carbocycles. The number of benzene rings is 1. The highest BCUT2D eigenvalue weighted by Crippen LogP contribution is 2.15. The van der Waals surface area contributed by atoms with E-state index in [1.165, 1.54) is 24.3 Å². The summed E-state index contributed by atoms with van der Waals surface area (Å²) in [5.41, 5.74) is 0.582. The first kappa shape index (κ1) is 13.9. The van der Waals surface area contributed by atoms with Crippen molar-refractivity contribution < 1.29 is 28.2 Å². The van der Waals surface area contributed by atoms with Gasteiger partial charge in [0.2, 0.25) is 6.41 Å². The fourth-order valence-corrected chi connectivity index (χ4v) is 1.34. The highest BCUT2D eigenvalue weighted by molar-refractivity contribution is 5.76. The van der Waals surface area contributed by atoms with Gasteiger partial charge in [0.15, 0.2) is 0 Å². The molecule has 0 saturated heterocycles. The quantitative estimate of drug-likeness (QED) is 0.717. The van der Waals surface area contributed by atoms with Crippen LogP contribution in [-0.4, -0.2) is 30.1 Å². The van der Waals surface area contributed by atoms with Crippen LogP contribution in [0, 0.1) is 0 Å². The zero-order chi connectivity index (χ0) is 13.5. The van der Waals surface area contributed by atoms with Gasteiger partial charge in [0.25, 0.3) is 0 Å². The number of carbonyl (C=O) groups is 2. The van der Waals surface area contributed by atoms with Crippen LogP contribution in [0.3, 0.4) is 0 Å². The van der Waals surface area contributed by atoms with E-state index < -0.39 is 18.6 Å². The summed E-state index contributed by atoms with van der Waals surface area (Å²) in [5.74, 6) is -1.18. The molecule has 0 spiro atoms. The lowest BCUT2D eigenvalue weighted by Gasteiger charge is -2.11. The molecule has 0 aliphatic heterocycles. The molecule has 0 radical (unpaired) electrons. The molecule has 0 heterocycles. The Bertz CT molecular complexity index is 408. The van der Waals surface area contributed by atoms with Crippen LogP contribution in [0.25, 0.3) is 0 Å². The van der Waals surface area contributed by atoms with Gasteiger partial charge in [-0.2, -0.15) is 8.78 Å². The Hall–Kier alpha value is -2.18. The maximum absolute atomic E-state index is 11.9. The third-order valence-electron chi connectivity index (χ3n) is 2.16. The third-order valence-corrected chi connectivity index (χ3v) is 2.16.